The summed E-state index contributed by atoms with van der Waals surface area (Å²) >= 11 is 0. The molecule has 0 spiro atoms. The average molecular weight is 467 g/mol. The van der Waals surface area contributed by atoms with Gasteiger partial charge >= 0.3 is 5.97 Å². The number of aliphatic carboxylic acids is 1. The zero-order valence-corrected chi connectivity index (χ0v) is 24.1. The largest absolute Gasteiger partial charge is 0.481 e. The normalized spacial score (nSPS) is 14.6. The van der Waals surface area contributed by atoms with Crippen LogP contribution < -0.4 is 0 Å². The quantitative estimate of drug-likeness (QED) is 0.161. The molecule has 2 unspecified atom stereocenters. The van der Waals surface area contributed by atoms with Gasteiger partial charge in [-0.1, -0.05) is 139 Å². The van der Waals surface area contributed by atoms with E-state index in [2.05, 4.69) is 55.4 Å². The molecule has 198 valence electrons. The zero-order valence-electron chi connectivity index (χ0n) is 24.1. The Bertz CT molecular complexity index is 465. The number of hydrogen-bond donors (Lipinski definition) is 1. The van der Waals surface area contributed by atoms with Crippen LogP contribution >= 0.6 is 0 Å². The second-order valence-electron chi connectivity index (χ2n) is 11.7. The van der Waals surface area contributed by atoms with Crippen molar-refractivity contribution in [2.75, 3.05) is 0 Å². The van der Waals surface area contributed by atoms with E-state index in [0.29, 0.717) is 5.92 Å². The monoisotopic (exact) mass is 466 g/mol. The van der Waals surface area contributed by atoms with E-state index in [1.807, 2.05) is 0 Å². The Morgan fingerprint density at radius 1 is 0.606 bits per heavy atom. The molecule has 2 heteroatoms. The Kier molecular flexibility index (Phi) is 17.6. The lowest BCUT2D eigenvalue weighted by Gasteiger charge is -2.58. The predicted molar refractivity (Wildman–Crippen MR) is 147 cm³/mol. The second kappa shape index (κ2) is 17.8. The Labute approximate surface area is 209 Å². The van der Waals surface area contributed by atoms with E-state index in [4.69, 9.17) is 0 Å². The highest BCUT2D eigenvalue weighted by Crippen LogP contribution is 2.62. The summed E-state index contributed by atoms with van der Waals surface area (Å²) in [5, 5.41) is 10.4. The van der Waals surface area contributed by atoms with Crippen molar-refractivity contribution < 1.29 is 9.90 Å². The number of carboxylic acids is 1. The third-order valence-corrected chi connectivity index (χ3v) is 8.96. The molecule has 0 aliphatic carbocycles. The third kappa shape index (κ3) is 9.93. The van der Waals surface area contributed by atoms with Crippen LogP contribution in [0.2, 0.25) is 0 Å². The molecule has 0 saturated carbocycles. The van der Waals surface area contributed by atoms with E-state index in [1.165, 1.54) is 70.6 Å². The van der Waals surface area contributed by atoms with Crippen LogP contribution in [0, 0.1) is 28.6 Å². The van der Waals surface area contributed by atoms with Crippen LogP contribution in [-0.2, 0) is 4.79 Å². The van der Waals surface area contributed by atoms with Crippen molar-refractivity contribution >= 4 is 5.97 Å². The summed E-state index contributed by atoms with van der Waals surface area (Å²) in [6.07, 6.45) is 20.6. The highest BCUT2D eigenvalue weighted by molar-refractivity contribution is 5.70. The minimum atomic E-state index is -0.566. The van der Waals surface area contributed by atoms with E-state index in [0.717, 1.165) is 44.4 Å². The van der Waals surface area contributed by atoms with Crippen LogP contribution in [0.1, 0.15) is 165 Å². The zero-order chi connectivity index (χ0) is 25.3. The van der Waals surface area contributed by atoms with Crippen LogP contribution in [-0.4, -0.2) is 11.1 Å². The van der Waals surface area contributed by atoms with Gasteiger partial charge in [0.2, 0.25) is 0 Å². The molecule has 0 bridgehead atoms. The summed E-state index contributed by atoms with van der Waals surface area (Å²) in [5.41, 5.74) is 0.0474. The fraction of sp³-hybridized carbons (Fsp3) is 0.968. The summed E-state index contributed by atoms with van der Waals surface area (Å²) in [4.78, 5) is 12.7. The highest BCUT2D eigenvalue weighted by Gasteiger charge is 2.56. The van der Waals surface area contributed by atoms with Crippen molar-refractivity contribution in [1.29, 1.82) is 0 Å². The predicted octanol–water partition coefficient (Wildman–Crippen LogP) is 10.7. The molecule has 0 aliphatic heterocycles. The van der Waals surface area contributed by atoms with E-state index >= 15 is 0 Å². The van der Waals surface area contributed by atoms with E-state index in [9.17, 15) is 9.90 Å². The van der Waals surface area contributed by atoms with Crippen molar-refractivity contribution in [3.05, 3.63) is 0 Å². The Morgan fingerprint density at radius 3 is 1.36 bits per heavy atom. The smallest absolute Gasteiger partial charge is 0.306 e. The van der Waals surface area contributed by atoms with Gasteiger partial charge in [0.15, 0.2) is 0 Å². The summed E-state index contributed by atoms with van der Waals surface area (Å²) in [7, 11) is 0. The molecule has 0 radical (unpaired) electrons. The third-order valence-electron chi connectivity index (χ3n) is 8.96. The van der Waals surface area contributed by atoms with Crippen molar-refractivity contribution in [3.63, 3.8) is 0 Å². The average Bonchev–Trinajstić information content (AvgIpc) is 2.79. The maximum Gasteiger partial charge on any atom is 0.306 e. The SMILES string of the molecule is CCCCC(CCCC)(C(C)CCCCCC(C)C)C(CCCC)(CCCC)C(C)C(=O)O. The first-order chi connectivity index (χ1) is 15.7. The molecule has 0 aliphatic rings. The maximum atomic E-state index is 12.7. The molecule has 33 heavy (non-hydrogen) atoms. The van der Waals surface area contributed by atoms with Crippen molar-refractivity contribution in [2.45, 2.75) is 165 Å². The van der Waals surface area contributed by atoms with Gasteiger partial charge in [-0.2, -0.15) is 0 Å². The number of hydrogen-bond acceptors (Lipinski definition) is 1. The molecular formula is C31H62O2. The molecule has 2 atom stereocenters. The molecule has 0 rings (SSSR count). The van der Waals surface area contributed by atoms with Crippen molar-refractivity contribution in [1.82, 2.24) is 0 Å². The highest BCUT2D eigenvalue weighted by atomic mass is 16.4. The number of carbonyl (C=O) groups is 1. The number of unbranched alkanes of at least 4 members (excludes halogenated alkanes) is 6. The number of carboxylic acid groups (broad SMARTS) is 1. The lowest BCUT2D eigenvalue weighted by molar-refractivity contribution is -0.159. The fourth-order valence-corrected chi connectivity index (χ4v) is 6.75. The molecular weight excluding hydrogens is 404 g/mol. The maximum absolute atomic E-state index is 12.7. The fourth-order valence-electron chi connectivity index (χ4n) is 6.75. The summed E-state index contributed by atoms with van der Waals surface area (Å²) < 4.78 is 0. The van der Waals surface area contributed by atoms with Gasteiger partial charge < -0.3 is 5.11 Å². The van der Waals surface area contributed by atoms with Gasteiger partial charge in [0.05, 0.1) is 5.92 Å². The molecule has 0 fully saturated rings. The minimum Gasteiger partial charge on any atom is -0.481 e. The second-order valence-corrected chi connectivity index (χ2v) is 11.7. The first-order valence-corrected chi connectivity index (χ1v) is 14.9. The summed E-state index contributed by atoms with van der Waals surface area (Å²) in [5.74, 6) is 0.546. The van der Waals surface area contributed by atoms with Gasteiger partial charge in [-0.05, 0) is 48.3 Å². The molecule has 0 heterocycles. The van der Waals surface area contributed by atoms with Crippen molar-refractivity contribution in [3.8, 4) is 0 Å². The Hall–Kier alpha value is -0.530. The first kappa shape index (κ1) is 32.5. The molecule has 2 nitrogen and oxygen atoms in total. The molecule has 1 N–H and O–H groups in total. The molecule has 0 amide bonds. The Balaban J connectivity index is 6.36. The summed E-state index contributed by atoms with van der Waals surface area (Å²) in [6.45, 7) is 18.4. The van der Waals surface area contributed by atoms with Crippen molar-refractivity contribution in [2.24, 2.45) is 28.6 Å². The van der Waals surface area contributed by atoms with Gasteiger partial charge in [-0.15, -0.1) is 0 Å². The standard InChI is InChI=1S/C31H62O2/c1-9-13-22-30(23-14-10-2,27(7)21-19-17-18-20-26(5)6)31(24-15-11-3,25-16-12-4)28(8)29(32)33/h26-28H,9-25H2,1-8H3,(H,32,33). The van der Waals surface area contributed by atoms with Gasteiger partial charge in [0.1, 0.15) is 0 Å². The lowest BCUT2D eigenvalue weighted by Crippen LogP contribution is -2.52. The van der Waals surface area contributed by atoms with Crippen LogP contribution in [0.3, 0.4) is 0 Å². The van der Waals surface area contributed by atoms with Gasteiger partial charge in [0.25, 0.3) is 0 Å². The molecule has 0 aromatic heterocycles. The van der Waals surface area contributed by atoms with Gasteiger partial charge in [-0.3, -0.25) is 4.79 Å². The van der Waals surface area contributed by atoms with Crippen LogP contribution in [0.5, 0.6) is 0 Å². The lowest BCUT2D eigenvalue weighted by atomic mass is 9.46. The topological polar surface area (TPSA) is 37.3 Å². The molecule has 0 aromatic carbocycles. The van der Waals surface area contributed by atoms with E-state index < -0.39 is 5.97 Å². The minimum absolute atomic E-state index is 0.0907. The van der Waals surface area contributed by atoms with Crippen LogP contribution in [0.15, 0.2) is 0 Å². The van der Waals surface area contributed by atoms with Crippen LogP contribution in [0.25, 0.3) is 0 Å². The summed E-state index contributed by atoms with van der Waals surface area (Å²) in [6, 6.07) is 0. The van der Waals surface area contributed by atoms with E-state index in [-0.39, 0.29) is 16.7 Å². The first-order valence-electron chi connectivity index (χ1n) is 14.9. The van der Waals surface area contributed by atoms with Crippen LogP contribution in [0.4, 0.5) is 0 Å². The Morgan fingerprint density at radius 2 is 1.00 bits per heavy atom. The molecule has 0 aromatic rings. The van der Waals surface area contributed by atoms with Gasteiger partial charge in [-0.25, -0.2) is 0 Å². The molecule has 0 saturated heterocycles. The van der Waals surface area contributed by atoms with Gasteiger partial charge in [0, 0.05) is 0 Å². The number of rotatable bonds is 22. The van der Waals surface area contributed by atoms with E-state index in [1.54, 1.807) is 0 Å².